The summed E-state index contributed by atoms with van der Waals surface area (Å²) in [5.41, 5.74) is 3.15. The minimum atomic E-state index is 0.0890. The summed E-state index contributed by atoms with van der Waals surface area (Å²) in [4.78, 5) is 16.9. The monoisotopic (exact) mass is 298 g/mol. The molecule has 0 aliphatic carbocycles. The second-order valence-corrected chi connectivity index (χ2v) is 5.41. The molecule has 106 valence electrons. The van der Waals surface area contributed by atoms with Crippen LogP contribution in [0.1, 0.15) is 28.2 Å². The molecule has 3 aromatic rings. The Bertz CT molecular complexity index is 793. The van der Waals surface area contributed by atoms with Crippen molar-refractivity contribution in [3.8, 4) is 0 Å². The van der Waals surface area contributed by atoms with Crippen molar-refractivity contribution in [2.24, 2.45) is 0 Å². The lowest BCUT2D eigenvalue weighted by Gasteiger charge is -2.03. The first-order valence-electron chi connectivity index (χ1n) is 6.87. The number of imidazole rings is 1. The molecule has 0 unspecified atom stereocenters. The van der Waals surface area contributed by atoms with E-state index in [2.05, 4.69) is 4.98 Å². The summed E-state index contributed by atoms with van der Waals surface area (Å²) in [5.74, 6) is 0.0890. The van der Waals surface area contributed by atoms with Gasteiger partial charge in [0.1, 0.15) is 5.69 Å². The van der Waals surface area contributed by atoms with E-state index in [1.807, 2.05) is 49.5 Å². The van der Waals surface area contributed by atoms with Crippen molar-refractivity contribution < 1.29 is 4.79 Å². The van der Waals surface area contributed by atoms with Crippen LogP contribution in [0.4, 0.5) is 0 Å². The molecule has 3 nitrogen and oxygen atoms in total. The molecule has 0 fully saturated rings. The van der Waals surface area contributed by atoms with Crippen LogP contribution in [-0.2, 0) is 6.42 Å². The second kappa shape index (κ2) is 5.70. The highest BCUT2D eigenvalue weighted by Crippen LogP contribution is 2.21. The van der Waals surface area contributed by atoms with E-state index in [-0.39, 0.29) is 5.78 Å². The quantitative estimate of drug-likeness (QED) is 0.679. The summed E-state index contributed by atoms with van der Waals surface area (Å²) in [7, 11) is 0. The number of halogens is 1. The molecule has 2 heterocycles. The number of aromatic nitrogens is 2. The van der Waals surface area contributed by atoms with E-state index in [0.717, 1.165) is 17.7 Å². The summed E-state index contributed by atoms with van der Waals surface area (Å²) < 4.78 is 1.78. The Kier molecular flexibility index (Phi) is 3.76. The zero-order valence-corrected chi connectivity index (χ0v) is 12.5. The zero-order valence-electron chi connectivity index (χ0n) is 11.7. The van der Waals surface area contributed by atoms with Crippen molar-refractivity contribution in [3.63, 3.8) is 0 Å². The van der Waals surface area contributed by atoms with Crippen LogP contribution < -0.4 is 0 Å². The first kappa shape index (κ1) is 13.8. The predicted molar refractivity (Wildman–Crippen MR) is 84.0 cm³/mol. The number of pyridine rings is 1. The van der Waals surface area contributed by atoms with Crippen molar-refractivity contribution in [1.82, 2.24) is 9.38 Å². The molecule has 21 heavy (non-hydrogen) atoms. The molecule has 0 saturated heterocycles. The number of Topliss-reactive ketones (excluding diaryl/α,β-unsaturated/α-hetero) is 1. The van der Waals surface area contributed by atoms with E-state index in [1.54, 1.807) is 10.5 Å². The maximum Gasteiger partial charge on any atom is 0.181 e. The van der Waals surface area contributed by atoms with E-state index in [9.17, 15) is 4.79 Å². The Hall–Kier alpha value is -2.13. The lowest BCUT2D eigenvalue weighted by molar-refractivity contribution is 0.0976. The van der Waals surface area contributed by atoms with Crippen LogP contribution in [0.2, 0.25) is 5.02 Å². The number of aryl methyl sites for hydroxylation is 2. The maximum atomic E-state index is 12.5. The standard InChI is InChI=1S/C17H15ClN2O/c1-12-16(20-11-5-8-14(18)17(20)19-12)15(21)10-9-13-6-3-2-4-7-13/h2-8,11H,9-10H2,1H3. The topological polar surface area (TPSA) is 34.4 Å². The van der Waals surface area contributed by atoms with Gasteiger partial charge < -0.3 is 0 Å². The van der Waals surface area contributed by atoms with Gasteiger partial charge in [0.2, 0.25) is 0 Å². The van der Waals surface area contributed by atoms with Crippen LogP contribution in [0.25, 0.3) is 5.65 Å². The third kappa shape index (κ3) is 2.69. The molecule has 0 atom stereocenters. The van der Waals surface area contributed by atoms with E-state index in [1.165, 1.54) is 0 Å². The van der Waals surface area contributed by atoms with Crippen LogP contribution in [0.5, 0.6) is 0 Å². The summed E-state index contributed by atoms with van der Waals surface area (Å²) in [6.45, 7) is 1.85. The van der Waals surface area contributed by atoms with E-state index in [4.69, 9.17) is 11.6 Å². The lowest BCUT2D eigenvalue weighted by Crippen LogP contribution is -2.06. The van der Waals surface area contributed by atoms with Gasteiger partial charge >= 0.3 is 0 Å². The van der Waals surface area contributed by atoms with Crippen molar-refractivity contribution in [3.05, 3.63) is 70.6 Å². The number of hydrogen-bond donors (Lipinski definition) is 0. The number of carbonyl (C=O) groups is 1. The number of nitrogens with zero attached hydrogens (tertiary/aromatic N) is 2. The molecule has 4 heteroatoms. The number of hydrogen-bond acceptors (Lipinski definition) is 2. The molecule has 0 bridgehead atoms. The molecule has 1 aromatic carbocycles. The molecule has 2 aromatic heterocycles. The van der Waals surface area contributed by atoms with Gasteiger partial charge in [-0.05, 0) is 31.0 Å². The maximum absolute atomic E-state index is 12.5. The third-order valence-electron chi connectivity index (χ3n) is 3.52. The van der Waals surface area contributed by atoms with Gasteiger partial charge in [-0.15, -0.1) is 0 Å². The third-order valence-corrected chi connectivity index (χ3v) is 3.82. The highest BCUT2D eigenvalue weighted by Gasteiger charge is 2.17. The molecular weight excluding hydrogens is 284 g/mol. The van der Waals surface area contributed by atoms with E-state index < -0.39 is 0 Å². The van der Waals surface area contributed by atoms with Gasteiger partial charge in [-0.2, -0.15) is 0 Å². The Balaban J connectivity index is 1.88. The molecule has 3 rings (SSSR count). The fourth-order valence-electron chi connectivity index (χ4n) is 2.50. The number of benzene rings is 1. The summed E-state index contributed by atoms with van der Waals surface area (Å²) >= 11 is 6.13. The average molecular weight is 299 g/mol. The number of rotatable bonds is 4. The van der Waals surface area contributed by atoms with Crippen LogP contribution in [0.3, 0.4) is 0 Å². The first-order chi connectivity index (χ1) is 10.2. The van der Waals surface area contributed by atoms with Crippen LogP contribution >= 0.6 is 11.6 Å². The Morgan fingerprint density at radius 1 is 1.19 bits per heavy atom. The molecule has 0 amide bonds. The molecule has 0 aliphatic rings. The molecule has 0 spiro atoms. The number of ketones is 1. The van der Waals surface area contributed by atoms with Gasteiger partial charge in [-0.3, -0.25) is 9.20 Å². The lowest BCUT2D eigenvalue weighted by atomic mass is 10.1. The molecule has 0 aliphatic heterocycles. The highest BCUT2D eigenvalue weighted by atomic mass is 35.5. The Morgan fingerprint density at radius 3 is 2.71 bits per heavy atom. The van der Waals surface area contributed by atoms with Gasteiger partial charge in [-0.25, -0.2) is 4.98 Å². The fraction of sp³-hybridized carbons (Fsp3) is 0.176. The SMILES string of the molecule is Cc1nc2c(Cl)cccn2c1C(=O)CCc1ccccc1. The smallest absolute Gasteiger partial charge is 0.181 e. The zero-order chi connectivity index (χ0) is 14.8. The van der Waals surface area contributed by atoms with Crippen LogP contribution in [-0.4, -0.2) is 15.2 Å². The largest absolute Gasteiger partial charge is 0.296 e. The number of fused-ring (bicyclic) bond motifs is 1. The predicted octanol–water partition coefficient (Wildman–Crippen LogP) is 4.11. The molecule has 0 saturated carbocycles. The Labute approximate surface area is 128 Å². The van der Waals surface area contributed by atoms with Crippen molar-refractivity contribution >= 4 is 23.0 Å². The second-order valence-electron chi connectivity index (χ2n) is 5.00. The minimum absolute atomic E-state index is 0.0890. The van der Waals surface area contributed by atoms with Gasteiger partial charge in [0.15, 0.2) is 11.4 Å². The van der Waals surface area contributed by atoms with Crippen molar-refractivity contribution in [2.45, 2.75) is 19.8 Å². The van der Waals surface area contributed by atoms with Crippen LogP contribution in [0, 0.1) is 6.92 Å². The molecule has 0 radical (unpaired) electrons. The van der Waals surface area contributed by atoms with Crippen molar-refractivity contribution in [1.29, 1.82) is 0 Å². The first-order valence-corrected chi connectivity index (χ1v) is 7.25. The van der Waals surface area contributed by atoms with Gasteiger partial charge in [0.05, 0.1) is 10.7 Å². The summed E-state index contributed by atoms with van der Waals surface area (Å²) in [6.07, 6.45) is 3.02. The average Bonchev–Trinajstić information content (AvgIpc) is 2.84. The number of carbonyl (C=O) groups excluding carboxylic acids is 1. The molecular formula is C17H15ClN2O. The van der Waals surface area contributed by atoms with E-state index >= 15 is 0 Å². The summed E-state index contributed by atoms with van der Waals surface area (Å²) in [6, 6.07) is 13.6. The van der Waals surface area contributed by atoms with Crippen LogP contribution in [0.15, 0.2) is 48.7 Å². The van der Waals surface area contributed by atoms with Gasteiger partial charge in [0.25, 0.3) is 0 Å². The normalized spacial score (nSPS) is 11.0. The Morgan fingerprint density at radius 2 is 1.95 bits per heavy atom. The highest BCUT2D eigenvalue weighted by molar-refractivity contribution is 6.33. The van der Waals surface area contributed by atoms with Gasteiger partial charge in [0, 0.05) is 12.6 Å². The molecule has 0 N–H and O–H groups in total. The van der Waals surface area contributed by atoms with Gasteiger partial charge in [-0.1, -0.05) is 41.9 Å². The summed E-state index contributed by atoms with van der Waals surface area (Å²) in [5, 5.41) is 0.558. The fourth-order valence-corrected chi connectivity index (χ4v) is 2.71. The van der Waals surface area contributed by atoms with Crippen molar-refractivity contribution in [2.75, 3.05) is 0 Å². The minimum Gasteiger partial charge on any atom is -0.296 e. The van der Waals surface area contributed by atoms with E-state index in [0.29, 0.717) is 22.8 Å².